The van der Waals surface area contributed by atoms with E-state index in [-0.39, 0.29) is 11.9 Å². The van der Waals surface area contributed by atoms with E-state index in [2.05, 4.69) is 41.5 Å². The van der Waals surface area contributed by atoms with Crippen molar-refractivity contribution < 1.29 is 9.53 Å². The Morgan fingerprint density at radius 2 is 1.83 bits per heavy atom. The van der Waals surface area contributed by atoms with Gasteiger partial charge in [-0.25, -0.2) is 0 Å². The molecule has 7 atom stereocenters. The third-order valence-electron chi connectivity index (χ3n) is 9.16. The number of hydrogen-bond acceptors (Lipinski definition) is 3. The van der Waals surface area contributed by atoms with Gasteiger partial charge in [-0.2, -0.15) is 0 Å². The van der Waals surface area contributed by atoms with Crippen molar-refractivity contribution in [2.75, 3.05) is 13.7 Å². The van der Waals surface area contributed by atoms with Crippen molar-refractivity contribution in [3.05, 3.63) is 0 Å². The van der Waals surface area contributed by atoms with E-state index >= 15 is 0 Å². The number of rotatable bonds is 6. The summed E-state index contributed by atoms with van der Waals surface area (Å²) in [5.74, 6) is 3.23. The van der Waals surface area contributed by atoms with Crippen LogP contribution in [0.4, 0.5) is 0 Å². The standard InChI is InChI=1S/C25H42INO2/c1-3-18-9-10-19(15-22(18)26)21-16-20-11-12-23(27(20)2)24(21)25(28)29-14-13-17-7-5-4-6-8-17/h17-24H,3-16H2,1-2H3/t18?,19?,20-,21-,22?,23?,24?/m1/s1. The second kappa shape index (κ2) is 10.2. The summed E-state index contributed by atoms with van der Waals surface area (Å²) >= 11 is 2.71. The highest BCUT2D eigenvalue weighted by Crippen LogP contribution is 2.50. The molecule has 0 aromatic rings. The van der Waals surface area contributed by atoms with E-state index in [1.165, 1.54) is 77.0 Å². The summed E-state index contributed by atoms with van der Waals surface area (Å²) in [4.78, 5) is 15.9. The number of piperidine rings is 1. The Balaban J connectivity index is 1.39. The summed E-state index contributed by atoms with van der Waals surface area (Å²) in [6.45, 7) is 3.00. The lowest BCUT2D eigenvalue weighted by Gasteiger charge is -2.47. The molecule has 166 valence electrons. The SMILES string of the molecule is CCC1CCC([C@H]2C[C@H]3CCC(C2C(=O)OCCC2CCCCC2)N3C)CC1I. The van der Waals surface area contributed by atoms with E-state index in [1.807, 2.05) is 0 Å². The van der Waals surface area contributed by atoms with Crippen LogP contribution in [0.1, 0.15) is 90.4 Å². The minimum atomic E-state index is 0.122. The molecule has 4 rings (SSSR count). The van der Waals surface area contributed by atoms with Crippen LogP contribution in [0.15, 0.2) is 0 Å². The normalized spacial score (nSPS) is 41.4. The van der Waals surface area contributed by atoms with Crippen molar-refractivity contribution in [1.29, 1.82) is 0 Å². The fourth-order valence-corrected chi connectivity index (χ4v) is 8.80. The van der Waals surface area contributed by atoms with E-state index in [0.29, 0.717) is 24.6 Å². The summed E-state index contributed by atoms with van der Waals surface area (Å²) in [6.07, 6.45) is 16.9. The van der Waals surface area contributed by atoms with Gasteiger partial charge in [0.05, 0.1) is 12.5 Å². The molecule has 0 spiro atoms. The first-order chi connectivity index (χ1) is 14.1. The minimum absolute atomic E-state index is 0.122. The second-order valence-corrected chi connectivity index (χ2v) is 12.2. The largest absolute Gasteiger partial charge is 0.465 e. The van der Waals surface area contributed by atoms with Crippen molar-refractivity contribution in [2.45, 2.75) is 106 Å². The highest BCUT2D eigenvalue weighted by Gasteiger charge is 2.52. The van der Waals surface area contributed by atoms with Crippen molar-refractivity contribution in [1.82, 2.24) is 4.90 Å². The van der Waals surface area contributed by atoms with Crippen molar-refractivity contribution in [3.63, 3.8) is 0 Å². The van der Waals surface area contributed by atoms with E-state index in [0.717, 1.165) is 28.1 Å². The van der Waals surface area contributed by atoms with Crippen molar-refractivity contribution in [3.8, 4) is 0 Å². The van der Waals surface area contributed by atoms with Crippen LogP contribution in [0.25, 0.3) is 0 Å². The number of nitrogens with zero attached hydrogens (tertiary/aromatic N) is 1. The first-order valence-corrected chi connectivity index (χ1v) is 13.9. The molecule has 2 saturated carbocycles. The molecule has 5 unspecified atom stereocenters. The predicted octanol–water partition coefficient (Wildman–Crippen LogP) is 6.23. The zero-order valence-corrected chi connectivity index (χ0v) is 20.8. The monoisotopic (exact) mass is 515 g/mol. The molecule has 29 heavy (non-hydrogen) atoms. The highest BCUT2D eigenvalue weighted by molar-refractivity contribution is 14.1. The van der Waals surface area contributed by atoms with Crippen molar-refractivity contribution in [2.24, 2.45) is 29.6 Å². The number of hydrogen-bond donors (Lipinski definition) is 0. The van der Waals surface area contributed by atoms with Gasteiger partial charge < -0.3 is 4.74 Å². The smallest absolute Gasteiger partial charge is 0.310 e. The maximum Gasteiger partial charge on any atom is 0.310 e. The van der Waals surface area contributed by atoms with Crippen molar-refractivity contribution >= 4 is 28.6 Å². The van der Waals surface area contributed by atoms with Crippen LogP contribution in [-0.2, 0) is 9.53 Å². The zero-order chi connectivity index (χ0) is 20.4. The third-order valence-corrected chi connectivity index (χ3v) is 10.7. The van der Waals surface area contributed by atoms with Gasteiger partial charge >= 0.3 is 5.97 Å². The Morgan fingerprint density at radius 3 is 2.55 bits per heavy atom. The molecule has 2 aliphatic carbocycles. The molecule has 0 aromatic heterocycles. The predicted molar refractivity (Wildman–Crippen MR) is 127 cm³/mol. The van der Waals surface area contributed by atoms with E-state index < -0.39 is 0 Å². The molecule has 0 amide bonds. The summed E-state index contributed by atoms with van der Waals surface area (Å²) in [5, 5.41) is 0. The van der Waals surface area contributed by atoms with Gasteiger partial charge in [-0.1, -0.05) is 68.0 Å². The molecule has 2 heterocycles. The molecule has 2 aliphatic heterocycles. The lowest BCUT2D eigenvalue weighted by molar-refractivity contribution is -0.157. The molecule has 3 nitrogen and oxygen atoms in total. The van der Waals surface area contributed by atoms with Crippen LogP contribution in [0.3, 0.4) is 0 Å². The van der Waals surface area contributed by atoms with E-state index in [1.54, 1.807) is 0 Å². The topological polar surface area (TPSA) is 29.5 Å². The average molecular weight is 516 g/mol. The second-order valence-electron chi connectivity index (χ2n) is 10.6. The van der Waals surface area contributed by atoms with Crippen LogP contribution in [0.5, 0.6) is 0 Å². The summed E-state index contributed by atoms with van der Waals surface area (Å²) in [6, 6.07) is 1.13. The maximum absolute atomic E-state index is 13.4. The molecule has 2 saturated heterocycles. The Kier molecular flexibility index (Phi) is 7.85. The van der Waals surface area contributed by atoms with Crippen LogP contribution >= 0.6 is 22.6 Å². The molecular formula is C25H42INO2. The van der Waals surface area contributed by atoms with Crippen LogP contribution in [0, 0.1) is 29.6 Å². The van der Waals surface area contributed by atoms with Gasteiger partial charge in [-0.3, -0.25) is 9.69 Å². The fraction of sp³-hybridized carbons (Fsp3) is 0.960. The first kappa shape index (κ1) is 22.4. The van der Waals surface area contributed by atoms with E-state index in [4.69, 9.17) is 4.74 Å². The van der Waals surface area contributed by atoms with Gasteiger partial charge in [-0.15, -0.1) is 0 Å². The Hall–Kier alpha value is 0.160. The lowest BCUT2D eigenvalue weighted by Crippen LogP contribution is -2.52. The number of alkyl halides is 1. The van der Waals surface area contributed by atoms with Crippen LogP contribution in [0.2, 0.25) is 0 Å². The molecule has 0 aromatic carbocycles. The Labute approximate surface area is 192 Å². The summed E-state index contributed by atoms with van der Waals surface area (Å²) in [5.41, 5.74) is 0. The first-order valence-electron chi connectivity index (χ1n) is 12.6. The zero-order valence-electron chi connectivity index (χ0n) is 18.7. The number of halogens is 1. The van der Waals surface area contributed by atoms with Crippen LogP contribution in [-0.4, -0.2) is 40.5 Å². The molecule has 2 bridgehead atoms. The number of esters is 1. The summed E-state index contributed by atoms with van der Waals surface area (Å²) < 4.78 is 6.79. The van der Waals surface area contributed by atoms with E-state index in [9.17, 15) is 4.79 Å². The number of carbonyl (C=O) groups is 1. The molecule has 0 N–H and O–H groups in total. The third kappa shape index (κ3) is 4.99. The van der Waals surface area contributed by atoms with Gasteiger partial charge in [-0.05, 0) is 75.7 Å². The Bertz CT molecular complexity index is 549. The molecule has 4 heteroatoms. The van der Waals surface area contributed by atoms with Gasteiger partial charge in [0.1, 0.15) is 0 Å². The van der Waals surface area contributed by atoms with Gasteiger partial charge in [0.15, 0.2) is 0 Å². The number of carbonyl (C=O) groups excluding carboxylic acids is 1. The number of ether oxygens (including phenoxy) is 1. The average Bonchev–Trinajstić information content (AvgIpc) is 2.96. The van der Waals surface area contributed by atoms with Gasteiger partial charge in [0, 0.05) is 16.0 Å². The highest BCUT2D eigenvalue weighted by atomic mass is 127. The summed E-state index contributed by atoms with van der Waals surface area (Å²) in [7, 11) is 2.26. The number of fused-ring (bicyclic) bond motifs is 2. The quantitative estimate of drug-likeness (QED) is 0.239. The van der Waals surface area contributed by atoms with Gasteiger partial charge in [0.2, 0.25) is 0 Å². The Morgan fingerprint density at radius 1 is 1.03 bits per heavy atom. The van der Waals surface area contributed by atoms with Gasteiger partial charge in [0.25, 0.3) is 0 Å². The lowest BCUT2D eigenvalue weighted by atomic mass is 9.66. The maximum atomic E-state index is 13.4. The minimum Gasteiger partial charge on any atom is -0.465 e. The molecular weight excluding hydrogens is 473 g/mol. The molecule has 0 radical (unpaired) electrons. The molecule has 4 fully saturated rings. The fourth-order valence-electron chi connectivity index (χ4n) is 7.28. The molecule has 4 aliphatic rings. The van der Waals surface area contributed by atoms with Crippen LogP contribution < -0.4 is 0 Å².